The maximum absolute atomic E-state index is 14.1. The maximum atomic E-state index is 14.1. The van der Waals surface area contributed by atoms with Crippen LogP contribution in [-0.2, 0) is 22.6 Å². The predicted octanol–water partition coefficient (Wildman–Crippen LogP) is 4.29. The average molecular weight is 590 g/mol. The first-order valence-corrected chi connectivity index (χ1v) is 14.0. The number of hydrogen-bond acceptors (Lipinski definition) is 6. The lowest BCUT2D eigenvalue weighted by Gasteiger charge is -2.34. The summed E-state index contributed by atoms with van der Waals surface area (Å²) < 4.78 is 84.4. The standard InChI is InChI=1S/C27H23F4N5O4S/c28-20-6-3-11-33-24(20)26(38)36-14-12-35(13-15-36)25(37)18-8-9-21(19(16-18)27(29,30)31)34-41(39,40)22-7-1-4-17-5-2-10-32-23(17)22/h1,3-4,6-11,16,34H,2,5,12-15H2. The Labute approximate surface area is 232 Å². The van der Waals surface area contributed by atoms with E-state index in [1.165, 1.54) is 34.2 Å². The molecule has 9 nitrogen and oxygen atoms in total. The first-order chi connectivity index (χ1) is 19.5. The third-order valence-electron chi connectivity index (χ3n) is 6.77. The summed E-state index contributed by atoms with van der Waals surface area (Å²) in [6, 6.07) is 9.52. The number of para-hydroxylation sites is 1. The molecule has 0 spiro atoms. The minimum atomic E-state index is -4.99. The van der Waals surface area contributed by atoms with Crippen LogP contribution in [0.5, 0.6) is 0 Å². The second-order valence-corrected chi connectivity index (χ2v) is 11.0. The molecular formula is C27H23F4N5O4S. The van der Waals surface area contributed by atoms with Gasteiger partial charge in [-0.15, -0.1) is 0 Å². The van der Waals surface area contributed by atoms with E-state index in [9.17, 15) is 35.6 Å². The van der Waals surface area contributed by atoms with E-state index in [0.29, 0.717) is 24.5 Å². The number of halogens is 4. The normalized spacial score (nSPS) is 15.4. The van der Waals surface area contributed by atoms with Gasteiger partial charge in [-0.1, -0.05) is 12.1 Å². The number of rotatable bonds is 5. The van der Waals surface area contributed by atoms with Gasteiger partial charge >= 0.3 is 6.18 Å². The molecule has 2 aliphatic rings. The van der Waals surface area contributed by atoms with E-state index in [4.69, 9.17) is 0 Å². The van der Waals surface area contributed by atoms with Gasteiger partial charge in [0.2, 0.25) is 0 Å². The largest absolute Gasteiger partial charge is 0.418 e. The monoisotopic (exact) mass is 589 g/mol. The van der Waals surface area contributed by atoms with Crippen molar-refractivity contribution in [3.05, 3.63) is 82.9 Å². The van der Waals surface area contributed by atoms with Crippen molar-refractivity contribution in [3.63, 3.8) is 0 Å². The quantitative estimate of drug-likeness (QED) is 0.447. The summed E-state index contributed by atoms with van der Waals surface area (Å²) in [4.78, 5) is 35.9. The zero-order valence-corrected chi connectivity index (χ0v) is 22.2. The molecule has 1 fully saturated rings. The lowest BCUT2D eigenvalue weighted by Crippen LogP contribution is -2.50. The smallest absolute Gasteiger partial charge is 0.335 e. The number of piperazine rings is 1. The third-order valence-corrected chi connectivity index (χ3v) is 8.16. The summed E-state index contributed by atoms with van der Waals surface area (Å²) in [6.45, 7) is 0.0335. The van der Waals surface area contributed by atoms with Gasteiger partial charge in [-0.05, 0) is 54.8 Å². The molecule has 2 aromatic carbocycles. The number of benzene rings is 2. The Morgan fingerprint density at radius 3 is 2.32 bits per heavy atom. The first-order valence-electron chi connectivity index (χ1n) is 12.5. The van der Waals surface area contributed by atoms with Crippen LogP contribution >= 0.6 is 0 Å². The Bertz CT molecular complexity index is 1650. The molecular weight excluding hydrogens is 566 g/mol. The number of amides is 2. The summed E-state index contributed by atoms with van der Waals surface area (Å²) in [6.07, 6.45) is -0.990. The lowest BCUT2D eigenvalue weighted by atomic mass is 10.1. The van der Waals surface area contributed by atoms with Gasteiger partial charge in [0.1, 0.15) is 4.90 Å². The molecule has 3 heterocycles. The molecule has 214 valence electrons. The van der Waals surface area contributed by atoms with Crippen molar-refractivity contribution in [2.75, 3.05) is 30.9 Å². The molecule has 0 unspecified atom stereocenters. The van der Waals surface area contributed by atoms with Gasteiger partial charge in [-0.3, -0.25) is 19.3 Å². The summed E-state index contributed by atoms with van der Waals surface area (Å²) >= 11 is 0. The second-order valence-electron chi connectivity index (χ2n) is 9.40. The molecule has 14 heteroatoms. The zero-order chi connectivity index (χ0) is 29.4. The van der Waals surface area contributed by atoms with Crippen molar-refractivity contribution in [1.82, 2.24) is 14.8 Å². The molecule has 2 aliphatic heterocycles. The number of alkyl halides is 3. The molecule has 1 aromatic heterocycles. The highest BCUT2D eigenvalue weighted by Crippen LogP contribution is 2.38. The van der Waals surface area contributed by atoms with Gasteiger partial charge in [0.05, 0.1) is 16.9 Å². The predicted molar refractivity (Wildman–Crippen MR) is 141 cm³/mol. The molecule has 2 amide bonds. The van der Waals surface area contributed by atoms with E-state index in [0.717, 1.165) is 18.2 Å². The van der Waals surface area contributed by atoms with Crippen LogP contribution < -0.4 is 4.72 Å². The van der Waals surface area contributed by atoms with E-state index >= 15 is 0 Å². The third kappa shape index (κ3) is 5.78. The molecule has 0 aliphatic carbocycles. The van der Waals surface area contributed by atoms with E-state index in [-0.39, 0.29) is 48.0 Å². The Hall–Kier alpha value is -4.33. The zero-order valence-electron chi connectivity index (χ0n) is 21.4. The highest BCUT2D eigenvalue weighted by molar-refractivity contribution is 7.92. The fraction of sp³-hybridized carbons (Fsp3) is 0.259. The van der Waals surface area contributed by atoms with Gasteiger partial charge in [0, 0.05) is 44.2 Å². The van der Waals surface area contributed by atoms with Crippen LogP contribution in [0.1, 0.15) is 38.4 Å². The molecule has 41 heavy (non-hydrogen) atoms. The maximum Gasteiger partial charge on any atom is 0.418 e. The molecule has 5 rings (SSSR count). The van der Waals surface area contributed by atoms with Crippen LogP contribution in [0.25, 0.3) is 0 Å². The molecule has 1 N–H and O–H groups in total. The van der Waals surface area contributed by atoms with E-state index in [1.807, 2.05) is 4.72 Å². The molecule has 0 bridgehead atoms. The Kier molecular flexibility index (Phi) is 7.51. The number of sulfonamides is 1. The lowest BCUT2D eigenvalue weighted by molar-refractivity contribution is -0.136. The molecule has 0 atom stereocenters. The Morgan fingerprint density at radius 2 is 1.63 bits per heavy atom. The van der Waals surface area contributed by atoms with Gasteiger partial charge in [-0.25, -0.2) is 17.8 Å². The van der Waals surface area contributed by atoms with Crippen molar-refractivity contribution in [2.24, 2.45) is 4.99 Å². The van der Waals surface area contributed by atoms with Crippen LogP contribution in [0.15, 0.2) is 64.6 Å². The van der Waals surface area contributed by atoms with Crippen molar-refractivity contribution in [3.8, 4) is 0 Å². The average Bonchev–Trinajstić information content (AvgIpc) is 2.96. The van der Waals surface area contributed by atoms with Crippen LogP contribution in [0.2, 0.25) is 0 Å². The number of aryl methyl sites for hydroxylation is 1. The molecule has 3 aromatic rings. The number of nitrogens with zero attached hydrogens (tertiary/aromatic N) is 4. The summed E-state index contributed by atoms with van der Waals surface area (Å²) in [5.41, 5.74) is -1.89. The highest BCUT2D eigenvalue weighted by atomic mass is 32.2. The number of anilines is 1. The molecule has 0 radical (unpaired) electrons. The van der Waals surface area contributed by atoms with Crippen molar-refractivity contribution >= 4 is 39.4 Å². The fourth-order valence-electron chi connectivity index (χ4n) is 4.70. The number of hydrogen-bond donors (Lipinski definition) is 1. The summed E-state index contributed by atoms with van der Waals surface area (Å²) in [7, 11) is -4.46. The minimum Gasteiger partial charge on any atom is -0.335 e. The summed E-state index contributed by atoms with van der Waals surface area (Å²) in [5, 5.41) is 0. The van der Waals surface area contributed by atoms with Crippen LogP contribution in [0.4, 0.5) is 28.9 Å². The fourth-order valence-corrected chi connectivity index (χ4v) is 5.97. The van der Waals surface area contributed by atoms with Gasteiger partial charge in [0.25, 0.3) is 21.8 Å². The van der Waals surface area contributed by atoms with Crippen LogP contribution in [0, 0.1) is 5.82 Å². The van der Waals surface area contributed by atoms with Crippen molar-refractivity contribution in [1.29, 1.82) is 0 Å². The Balaban J connectivity index is 1.35. The number of aromatic nitrogens is 1. The van der Waals surface area contributed by atoms with Gasteiger partial charge < -0.3 is 9.80 Å². The van der Waals surface area contributed by atoms with Crippen LogP contribution in [-0.4, -0.2) is 67.4 Å². The SMILES string of the molecule is O=C(c1ccc(NS(=O)(=O)c2cccc3c2N=CCC3)c(C(F)(F)F)c1)N1CCN(C(=O)c2ncccc2F)CC1. The molecule has 0 saturated carbocycles. The number of carbonyl (C=O) groups is 2. The summed E-state index contributed by atoms with van der Waals surface area (Å²) in [5.74, 6) is -2.17. The van der Waals surface area contributed by atoms with Crippen molar-refractivity contribution in [2.45, 2.75) is 23.9 Å². The van der Waals surface area contributed by atoms with Gasteiger partial charge in [0.15, 0.2) is 11.5 Å². The number of aliphatic imine (C=N–C) groups is 1. The van der Waals surface area contributed by atoms with E-state index in [2.05, 4.69) is 9.98 Å². The molecule has 1 saturated heterocycles. The van der Waals surface area contributed by atoms with E-state index in [1.54, 1.807) is 12.3 Å². The van der Waals surface area contributed by atoms with Crippen LogP contribution in [0.3, 0.4) is 0 Å². The topological polar surface area (TPSA) is 112 Å². The second kappa shape index (κ2) is 10.9. The first kappa shape index (κ1) is 28.2. The highest BCUT2D eigenvalue weighted by Gasteiger charge is 2.37. The number of pyridine rings is 1. The number of fused-ring (bicyclic) bond motifs is 1. The van der Waals surface area contributed by atoms with E-state index < -0.39 is 45.1 Å². The Morgan fingerprint density at radius 1 is 0.927 bits per heavy atom. The number of carbonyl (C=O) groups excluding carboxylic acids is 2. The van der Waals surface area contributed by atoms with Gasteiger partial charge in [-0.2, -0.15) is 13.2 Å². The minimum absolute atomic E-state index is 0.00556. The number of nitrogens with one attached hydrogen (secondary N) is 1. The van der Waals surface area contributed by atoms with Crippen molar-refractivity contribution < 1.29 is 35.6 Å².